The smallest absolute Gasteiger partial charge is 0.326 e. The predicted octanol–water partition coefficient (Wildman–Crippen LogP) is 2.78. The van der Waals surface area contributed by atoms with Gasteiger partial charge in [-0.05, 0) is 46.7 Å². The van der Waals surface area contributed by atoms with Crippen LogP contribution in [0.5, 0.6) is 0 Å². The maximum atomic E-state index is 11.9. The molecule has 1 aromatic carbocycles. The fourth-order valence-corrected chi connectivity index (χ4v) is 1.89. The van der Waals surface area contributed by atoms with Gasteiger partial charge in [-0.1, -0.05) is 25.4 Å². The molecule has 0 radical (unpaired) electrons. The van der Waals surface area contributed by atoms with Gasteiger partial charge >= 0.3 is 5.97 Å². The van der Waals surface area contributed by atoms with E-state index in [9.17, 15) is 9.59 Å². The van der Waals surface area contributed by atoms with Gasteiger partial charge in [-0.2, -0.15) is 0 Å². The molecule has 2 N–H and O–H groups in total. The topological polar surface area (TPSA) is 66.4 Å². The van der Waals surface area contributed by atoms with Crippen molar-refractivity contribution < 1.29 is 14.7 Å². The molecule has 0 aliphatic rings. The van der Waals surface area contributed by atoms with Crippen LogP contribution in [0.25, 0.3) is 0 Å². The van der Waals surface area contributed by atoms with Crippen LogP contribution in [0.1, 0.15) is 24.2 Å². The largest absolute Gasteiger partial charge is 0.480 e. The molecule has 1 rings (SSSR count). The fourth-order valence-electron chi connectivity index (χ4n) is 1.38. The van der Waals surface area contributed by atoms with E-state index in [-0.39, 0.29) is 5.92 Å². The molecular formula is C12H13ClINO3. The lowest BCUT2D eigenvalue weighted by atomic mass is 10.0. The minimum Gasteiger partial charge on any atom is -0.480 e. The van der Waals surface area contributed by atoms with Crippen molar-refractivity contribution in [2.24, 2.45) is 5.92 Å². The number of amides is 1. The van der Waals surface area contributed by atoms with Crippen molar-refractivity contribution in [1.82, 2.24) is 5.32 Å². The monoisotopic (exact) mass is 381 g/mol. The summed E-state index contributed by atoms with van der Waals surface area (Å²) in [4.78, 5) is 22.9. The van der Waals surface area contributed by atoms with Gasteiger partial charge in [-0.25, -0.2) is 4.79 Å². The molecule has 1 atom stereocenters. The molecule has 0 heterocycles. The third-order valence-corrected chi connectivity index (χ3v) is 3.97. The summed E-state index contributed by atoms with van der Waals surface area (Å²) >= 11 is 7.97. The lowest BCUT2D eigenvalue weighted by molar-refractivity contribution is -0.140. The average molecular weight is 382 g/mol. The number of carbonyl (C=O) groups excluding carboxylic acids is 1. The molecule has 98 valence electrons. The fraction of sp³-hybridized carbons (Fsp3) is 0.333. The molecule has 6 heteroatoms. The van der Waals surface area contributed by atoms with Gasteiger partial charge in [-0.3, -0.25) is 4.79 Å². The van der Waals surface area contributed by atoms with Crippen molar-refractivity contribution in [3.05, 3.63) is 32.4 Å². The molecule has 18 heavy (non-hydrogen) atoms. The highest BCUT2D eigenvalue weighted by atomic mass is 127. The van der Waals surface area contributed by atoms with E-state index in [1.165, 1.54) is 6.07 Å². The molecule has 4 nitrogen and oxygen atoms in total. The predicted molar refractivity (Wildman–Crippen MR) is 77.9 cm³/mol. The number of rotatable bonds is 4. The summed E-state index contributed by atoms with van der Waals surface area (Å²) in [5, 5.41) is 11.9. The molecule has 0 saturated heterocycles. The van der Waals surface area contributed by atoms with E-state index >= 15 is 0 Å². The molecule has 0 unspecified atom stereocenters. The summed E-state index contributed by atoms with van der Waals surface area (Å²) < 4.78 is 0.837. The third kappa shape index (κ3) is 3.84. The summed E-state index contributed by atoms with van der Waals surface area (Å²) in [6.45, 7) is 3.47. The van der Waals surface area contributed by atoms with Crippen LogP contribution in [0.4, 0.5) is 0 Å². The normalized spacial score (nSPS) is 12.3. The highest BCUT2D eigenvalue weighted by molar-refractivity contribution is 14.1. The van der Waals surface area contributed by atoms with Crippen molar-refractivity contribution in [1.29, 1.82) is 0 Å². The number of carboxylic acids is 1. The number of halogens is 2. The molecule has 1 amide bonds. The van der Waals surface area contributed by atoms with Gasteiger partial charge < -0.3 is 10.4 Å². The van der Waals surface area contributed by atoms with E-state index in [1.54, 1.807) is 26.0 Å². The highest BCUT2D eigenvalue weighted by Gasteiger charge is 2.24. The van der Waals surface area contributed by atoms with Gasteiger partial charge in [0.25, 0.3) is 5.91 Å². The zero-order valence-electron chi connectivity index (χ0n) is 9.91. The first kappa shape index (κ1) is 15.2. The van der Waals surface area contributed by atoms with Crippen LogP contribution < -0.4 is 5.32 Å². The average Bonchev–Trinajstić information content (AvgIpc) is 2.28. The molecule has 0 fully saturated rings. The summed E-state index contributed by atoms with van der Waals surface area (Å²) in [7, 11) is 0. The van der Waals surface area contributed by atoms with Crippen LogP contribution >= 0.6 is 34.2 Å². The molecule has 0 saturated carbocycles. The number of hydrogen-bond acceptors (Lipinski definition) is 2. The first-order valence-corrected chi connectivity index (χ1v) is 6.77. The van der Waals surface area contributed by atoms with Crippen LogP contribution in [0.15, 0.2) is 18.2 Å². The SMILES string of the molecule is CC(C)[C@@H](NC(=O)c1ccc(I)c(Cl)c1)C(=O)O. The Balaban J connectivity index is 2.87. The zero-order valence-corrected chi connectivity index (χ0v) is 12.8. The standard InChI is InChI=1S/C12H13ClINO3/c1-6(2)10(12(17)18)15-11(16)7-3-4-9(14)8(13)5-7/h3-6,10H,1-2H3,(H,15,16)(H,17,18)/t10-/m1/s1. The van der Waals surface area contributed by atoms with Crippen molar-refractivity contribution >= 4 is 46.1 Å². The molecule has 0 aromatic heterocycles. The highest BCUT2D eigenvalue weighted by Crippen LogP contribution is 2.19. The van der Waals surface area contributed by atoms with Gasteiger partial charge in [0.15, 0.2) is 0 Å². The number of hydrogen-bond donors (Lipinski definition) is 2. The van der Waals surface area contributed by atoms with E-state index < -0.39 is 17.9 Å². The quantitative estimate of drug-likeness (QED) is 0.788. The second-order valence-corrected chi connectivity index (χ2v) is 5.73. The van der Waals surface area contributed by atoms with Crippen LogP contribution in [0.3, 0.4) is 0 Å². The van der Waals surface area contributed by atoms with Crippen molar-refractivity contribution in [2.75, 3.05) is 0 Å². The van der Waals surface area contributed by atoms with Gasteiger partial charge in [0.2, 0.25) is 0 Å². The van der Waals surface area contributed by atoms with E-state index in [2.05, 4.69) is 27.9 Å². The van der Waals surface area contributed by atoms with E-state index in [1.807, 2.05) is 0 Å². The van der Waals surface area contributed by atoms with E-state index in [0.29, 0.717) is 10.6 Å². The number of aliphatic carboxylic acids is 1. The Kier molecular flexibility index (Phi) is 5.40. The van der Waals surface area contributed by atoms with Crippen LogP contribution in [0, 0.1) is 9.49 Å². The van der Waals surface area contributed by atoms with Crippen molar-refractivity contribution in [2.45, 2.75) is 19.9 Å². The lowest BCUT2D eigenvalue weighted by Crippen LogP contribution is -2.44. The molecular weight excluding hydrogens is 368 g/mol. The summed E-state index contributed by atoms with van der Waals surface area (Å²) in [6, 6.07) is 3.94. The Labute approximate surface area is 124 Å². The minimum atomic E-state index is -1.05. The van der Waals surface area contributed by atoms with E-state index in [0.717, 1.165) is 3.57 Å². The van der Waals surface area contributed by atoms with Crippen LogP contribution in [-0.2, 0) is 4.79 Å². The number of benzene rings is 1. The number of carbonyl (C=O) groups is 2. The van der Waals surface area contributed by atoms with Gasteiger partial charge in [0.05, 0.1) is 5.02 Å². The maximum Gasteiger partial charge on any atom is 0.326 e. The van der Waals surface area contributed by atoms with Crippen LogP contribution in [0.2, 0.25) is 5.02 Å². The van der Waals surface area contributed by atoms with Crippen molar-refractivity contribution in [3.8, 4) is 0 Å². The molecule has 0 spiro atoms. The Bertz CT molecular complexity index is 476. The first-order chi connectivity index (χ1) is 8.32. The van der Waals surface area contributed by atoms with Crippen molar-refractivity contribution in [3.63, 3.8) is 0 Å². The second-order valence-electron chi connectivity index (χ2n) is 4.16. The maximum absolute atomic E-state index is 11.9. The van der Waals surface area contributed by atoms with Gasteiger partial charge in [0, 0.05) is 9.13 Å². The Morgan fingerprint density at radius 2 is 2.00 bits per heavy atom. The molecule has 0 aliphatic carbocycles. The summed E-state index contributed by atoms with van der Waals surface area (Å²) in [6.07, 6.45) is 0. The summed E-state index contributed by atoms with van der Waals surface area (Å²) in [5.41, 5.74) is 0.354. The molecule has 0 aliphatic heterocycles. The minimum absolute atomic E-state index is 0.189. The molecule has 0 bridgehead atoms. The zero-order chi connectivity index (χ0) is 13.9. The van der Waals surface area contributed by atoms with E-state index in [4.69, 9.17) is 16.7 Å². The first-order valence-electron chi connectivity index (χ1n) is 5.31. The Morgan fingerprint density at radius 1 is 1.39 bits per heavy atom. The van der Waals surface area contributed by atoms with Gasteiger partial charge in [-0.15, -0.1) is 0 Å². The number of nitrogens with one attached hydrogen (secondary N) is 1. The third-order valence-electron chi connectivity index (χ3n) is 2.40. The summed E-state index contributed by atoms with van der Waals surface area (Å²) in [5.74, 6) is -1.67. The second kappa shape index (κ2) is 6.38. The van der Waals surface area contributed by atoms with Gasteiger partial charge in [0.1, 0.15) is 6.04 Å². The lowest BCUT2D eigenvalue weighted by Gasteiger charge is -2.18. The Morgan fingerprint density at radius 3 is 2.44 bits per heavy atom. The Hall–Kier alpha value is -0.820. The van der Waals surface area contributed by atoms with Crippen LogP contribution in [-0.4, -0.2) is 23.0 Å². The molecule has 1 aromatic rings. The number of carboxylic acid groups (broad SMARTS) is 1.